The number of nitrogens with zero attached hydrogens (tertiary/aromatic N) is 7. The first-order chi connectivity index (χ1) is 19.9. The Hall–Kier alpha value is -5.44. The van der Waals surface area contributed by atoms with Gasteiger partial charge in [-0.25, -0.2) is 9.97 Å². The summed E-state index contributed by atoms with van der Waals surface area (Å²) in [7, 11) is -2.74. The van der Waals surface area contributed by atoms with Gasteiger partial charge in [0.25, 0.3) is 15.9 Å². The average Bonchev–Trinajstić information content (AvgIpc) is 3.53. The Balaban J connectivity index is 1.68. The van der Waals surface area contributed by atoms with Gasteiger partial charge in [0.15, 0.2) is 28.2 Å². The molecule has 0 amide bonds. The minimum Gasteiger partial charge on any atom is -0.493 e. The van der Waals surface area contributed by atoms with E-state index in [0.29, 0.717) is 17.0 Å². The number of methoxy groups -OCH3 is 1. The van der Waals surface area contributed by atoms with Crippen molar-refractivity contribution in [3.63, 3.8) is 0 Å². The summed E-state index contributed by atoms with van der Waals surface area (Å²) in [6.07, 6.45) is 4.46. The lowest BCUT2D eigenvalue weighted by Gasteiger charge is -2.18. The first-order valence-electron chi connectivity index (χ1n) is 12.0. The Morgan fingerprint density at radius 1 is 1.05 bits per heavy atom. The van der Waals surface area contributed by atoms with Gasteiger partial charge in [0.1, 0.15) is 12.3 Å². The van der Waals surface area contributed by atoms with Crippen molar-refractivity contribution >= 4 is 15.8 Å². The van der Waals surface area contributed by atoms with E-state index < -0.39 is 10.0 Å². The minimum atomic E-state index is -4.22. The van der Waals surface area contributed by atoms with Crippen LogP contribution in [0.1, 0.15) is 5.56 Å². The molecular formula is C26H23N9O5S. The molecule has 41 heavy (non-hydrogen) atoms. The predicted molar refractivity (Wildman–Crippen MR) is 147 cm³/mol. The van der Waals surface area contributed by atoms with Gasteiger partial charge in [-0.1, -0.05) is 30.9 Å². The van der Waals surface area contributed by atoms with Crippen LogP contribution in [0.15, 0.2) is 78.6 Å². The van der Waals surface area contributed by atoms with Crippen molar-refractivity contribution in [1.29, 1.82) is 0 Å². The van der Waals surface area contributed by atoms with E-state index in [-0.39, 0.29) is 46.5 Å². The van der Waals surface area contributed by atoms with Crippen LogP contribution in [-0.2, 0) is 10.0 Å². The molecule has 0 aliphatic heterocycles. The number of tetrazole rings is 1. The molecule has 0 spiro atoms. The molecule has 0 saturated carbocycles. The Labute approximate surface area is 234 Å². The summed E-state index contributed by atoms with van der Waals surface area (Å²) in [5.74, 6) is 0.624. The second kappa shape index (κ2) is 11.7. The topological polar surface area (TPSA) is 180 Å². The SMILES string of the molecule is C=CCOc1nc(-c2ccnc(-c3nn[nH]n3)c2)nc(NS(=O)(=O)c2ccc(C)cn2)c1Oc1ccccc1OC. The molecule has 0 fully saturated rings. The van der Waals surface area contributed by atoms with Crippen LogP contribution >= 0.6 is 0 Å². The van der Waals surface area contributed by atoms with E-state index in [2.05, 4.69) is 51.9 Å². The minimum absolute atomic E-state index is 0.0366. The van der Waals surface area contributed by atoms with Gasteiger partial charge in [-0.05, 0) is 48.0 Å². The lowest BCUT2D eigenvalue weighted by Crippen LogP contribution is -2.17. The summed E-state index contributed by atoms with van der Waals surface area (Å²) >= 11 is 0. The second-order valence-corrected chi connectivity index (χ2v) is 9.96. The van der Waals surface area contributed by atoms with Gasteiger partial charge < -0.3 is 14.2 Å². The van der Waals surface area contributed by atoms with E-state index in [1.165, 1.54) is 31.6 Å². The molecule has 15 heteroatoms. The van der Waals surface area contributed by atoms with E-state index in [1.54, 1.807) is 49.4 Å². The molecule has 5 rings (SSSR count). The number of aromatic nitrogens is 8. The van der Waals surface area contributed by atoms with Crippen LogP contribution in [0, 0.1) is 6.92 Å². The largest absolute Gasteiger partial charge is 0.493 e. The number of aromatic amines is 1. The fraction of sp³-hybridized carbons (Fsp3) is 0.115. The third-order valence-electron chi connectivity index (χ3n) is 5.44. The van der Waals surface area contributed by atoms with Gasteiger partial charge in [-0.2, -0.15) is 18.6 Å². The predicted octanol–water partition coefficient (Wildman–Crippen LogP) is 3.59. The van der Waals surface area contributed by atoms with E-state index >= 15 is 0 Å². The lowest BCUT2D eigenvalue weighted by atomic mass is 10.2. The maximum absolute atomic E-state index is 13.4. The number of hydrogen-bond donors (Lipinski definition) is 2. The molecule has 0 unspecified atom stereocenters. The maximum atomic E-state index is 13.4. The van der Waals surface area contributed by atoms with Gasteiger partial charge in [0.05, 0.1) is 7.11 Å². The number of H-pyrrole nitrogens is 1. The quantitative estimate of drug-likeness (QED) is 0.220. The van der Waals surface area contributed by atoms with Crippen LogP contribution in [0.4, 0.5) is 5.82 Å². The van der Waals surface area contributed by atoms with Gasteiger partial charge in [0.2, 0.25) is 11.6 Å². The Morgan fingerprint density at radius 2 is 1.88 bits per heavy atom. The summed E-state index contributed by atoms with van der Waals surface area (Å²) in [4.78, 5) is 17.4. The van der Waals surface area contributed by atoms with Crippen molar-refractivity contribution < 1.29 is 22.6 Å². The molecule has 208 valence electrons. The molecule has 2 N–H and O–H groups in total. The zero-order chi connectivity index (χ0) is 28.8. The normalized spacial score (nSPS) is 11.1. The Kier molecular flexibility index (Phi) is 7.78. The Morgan fingerprint density at radius 3 is 2.59 bits per heavy atom. The van der Waals surface area contributed by atoms with Crippen LogP contribution in [-0.4, -0.2) is 62.7 Å². The number of anilines is 1. The van der Waals surface area contributed by atoms with E-state index in [4.69, 9.17) is 14.2 Å². The number of benzene rings is 1. The van der Waals surface area contributed by atoms with Crippen molar-refractivity contribution in [2.24, 2.45) is 0 Å². The van der Waals surface area contributed by atoms with Crippen LogP contribution in [0.25, 0.3) is 22.9 Å². The van der Waals surface area contributed by atoms with Gasteiger partial charge in [0, 0.05) is 18.0 Å². The first kappa shape index (κ1) is 27.1. The van der Waals surface area contributed by atoms with Crippen molar-refractivity contribution in [2.45, 2.75) is 11.9 Å². The molecule has 14 nitrogen and oxygen atoms in total. The Bertz CT molecular complexity index is 1780. The number of para-hydroxylation sites is 2. The number of nitrogens with one attached hydrogen (secondary N) is 2. The average molecular weight is 574 g/mol. The molecule has 0 aliphatic carbocycles. The molecule has 0 saturated heterocycles. The van der Waals surface area contributed by atoms with Crippen LogP contribution in [0.5, 0.6) is 23.1 Å². The van der Waals surface area contributed by atoms with E-state index in [1.807, 2.05) is 0 Å². The molecule has 0 radical (unpaired) electrons. The van der Waals surface area contributed by atoms with Crippen molar-refractivity contribution in [3.05, 3.63) is 79.1 Å². The summed E-state index contributed by atoms with van der Waals surface area (Å²) in [5, 5.41) is 13.6. The number of ether oxygens (including phenoxy) is 3. The van der Waals surface area contributed by atoms with Gasteiger partial charge in [-0.15, -0.1) is 10.2 Å². The van der Waals surface area contributed by atoms with Crippen molar-refractivity contribution in [1.82, 2.24) is 40.6 Å². The highest BCUT2D eigenvalue weighted by Gasteiger charge is 2.26. The van der Waals surface area contributed by atoms with Gasteiger partial charge >= 0.3 is 0 Å². The fourth-order valence-electron chi connectivity index (χ4n) is 3.52. The van der Waals surface area contributed by atoms with Crippen LogP contribution in [0.2, 0.25) is 0 Å². The molecule has 1 aromatic carbocycles. The number of aryl methyl sites for hydroxylation is 1. The highest BCUT2D eigenvalue weighted by molar-refractivity contribution is 7.92. The molecule has 0 bridgehead atoms. The zero-order valence-electron chi connectivity index (χ0n) is 21.8. The van der Waals surface area contributed by atoms with E-state index in [9.17, 15) is 8.42 Å². The van der Waals surface area contributed by atoms with Crippen LogP contribution in [0.3, 0.4) is 0 Å². The maximum Gasteiger partial charge on any atom is 0.280 e. The molecule has 0 aliphatic rings. The highest BCUT2D eigenvalue weighted by atomic mass is 32.2. The molecule has 0 atom stereocenters. The summed E-state index contributed by atoms with van der Waals surface area (Å²) in [6, 6.07) is 13.1. The second-order valence-electron chi connectivity index (χ2n) is 8.33. The summed E-state index contributed by atoms with van der Waals surface area (Å²) in [6.45, 7) is 5.52. The lowest BCUT2D eigenvalue weighted by molar-refractivity contribution is 0.320. The van der Waals surface area contributed by atoms with E-state index in [0.717, 1.165) is 5.56 Å². The number of sulfonamides is 1. The van der Waals surface area contributed by atoms with Crippen LogP contribution < -0.4 is 18.9 Å². The van der Waals surface area contributed by atoms with Crippen molar-refractivity contribution in [3.8, 4) is 46.0 Å². The summed E-state index contributed by atoms with van der Waals surface area (Å²) < 4.78 is 46.7. The number of hydrogen-bond acceptors (Lipinski definition) is 12. The standard InChI is InChI=1S/C26H23N9O5S/c1-4-13-39-26-22(40-20-8-6-5-7-19(20)38-3)25(33-41(36,37)21-10-9-16(2)15-28-21)29-23(30-26)17-11-12-27-18(14-17)24-31-34-35-32-24/h4-12,14-15H,1,13H2,2-3H3,(H,29,30,33)(H,31,32,34,35). The summed E-state index contributed by atoms with van der Waals surface area (Å²) in [5.41, 5.74) is 1.64. The first-order valence-corrected chi connectivity index (χ1v) is 13.5. The monoisotopic (exact) mass is 573 g/mol. The van der Waals surface area contributed by atoms with Crippen molar-refractivity contribution in [2.75, 3.05) is 18.4 Å². The molecule has 4 aromatic heterocycles. The molecule has 4 heterocycles. The third kappa shape index (κ3) is 6.09. The smallest absolute Gasteiger partial charge is 0.280 e. The molecule has 5 aromatic rings. The zero-order valence-corrected chi connectivity index (χ0v) is 22.7. The molecular weight excluding hydrogens is 550 g/mol. The number of rotatable bonds is 11. The number of pyridine rings is 2. The van der Waals surface area contributed by atoms with Gasteiger partial charge in [-0.3, -0.25) is 9.71 Å². The fourth-order valence-corrected chi connectivity index (χ4v) is 4.46. The highest BCUT2D eigenvalue weighted by Crippen LogP contribution is 2.41. The third-order valence-corrected chi connectivity index (χ3v) is 6.69.